The molecule has 240 valence electrons. The molecule has 50 heavy (non-hydrogen) atoms. The van der Waals surface area contributed by atoms with E-state index in [9.17, 15) is 0 Å². The molecule has 10 heteroatoms. The summed E-state index contributed by atoms with van der Waals surface area (Å²) in [6.07, 6.45) is 0. The Morgan fingerprint density at radius 2 is 0.580 bits per heavy atom. The minimum absolute atomic E-state index is 0. The second-order valence-corrected chi connectivity index (χ2v) is 12.2. The zero-order valence-electron chi connectivity index (χ0n) is 28.5. The maximum absolute atomic E-state index is 6.97. The molecule has 0 fully saturated rings. The fraction of sp³-hybridized carbons (Fsp3) is 0.100. The van der Waals surface area contributed by atoms with Crippen LogP contribution < -0.4 is 37.5 Å². The molecule has 0 atom stereocenters. The van der Waals surface area contributed by atoms with Crippen LogP contribution in [-0.2, 0) is 0 Å². The first kappa shape index (κ1) is 32.9. The number of aryl methyl sites for hydroxylation is 4. The van der Waals surface area contributed by atoms with Crippen molar-refractivity contribution in [1.82, 2.24) is 19.9 Å². The van der Waals surface area contributed by atoms with Gasteiger partial charge in [0.05, 0.1) is 0 Å². The molecule has 4 aromatic carbocycles. The Balaban J connectivity index is 0.00000392. The van der Waals surface area contributed by atoms with Gasteiger partial charge in [0.2, 0.25) is 0 Å². The van der Waals surface area contributed by atoms with Gasteiger partial charge in [0.15, 0.2) is 0 Å². The van der Waals surface area contributed by atoms with Gasteiger partial charge in [-0.3, -0.25) is 0 Å². The molecule has 0 aliphatic rings. The molecule has 0 radical (unpaired) electrons. The van der Waals surface area contributed by atoms with Crippen molar-refractivity contribution in [2.75, 3.05) is 0 Å². The minimum atomic E-state index is -3.26. The summed E-state index contributed by atoms with van der Waals surface area (Å²) < 4.78 is 27.9. The van der Waals surface area contributed by atoms with Crippen molar-refractivity contribution in [2.24, 2.45) is 0 Å². The Labute approximate surface area is 301 Å². The van der Waals surface area contributed by atoms with Gasteiger partial charge >= 0.3 is 25.8 Å². The molecule has 0 amide bonds. The second-order valence-electron chi connectivity index (χ2n) is 12.2. The van der Waals surface area contributed by atoms with Crippen molar-refractivity contribution in [3.8, 4) is 23.0 Å². The molecule has 0 spiro atoms. The number of pyridine rings is 4. The summed E-state index contributed by atoms with van der Waals surface area (Å²) in [5.74, 6) is 1.66. The number of nitrogens with zero attached hydrogens (tertiary/aromatic N) is 4. The van der Waals surface area contributed by atoms with E-state index in [-0.39, 0.29) is 18.9 Å². The molecule has 0 aliphatic heterocycles. The van der Waals surface area contributed by atoms with Crippen LogP contribution in [0.5, 0.6) is 23.0 Å². The van der Waals surface area contributed by atoms with E-state index in [0.29, 0.717) is 45.1 Å². The first-order valence-corrected chi connectivity index (χ1v) is 16.2. The Hall–Kier alpha value is -5.62. The van der Waals surface area contributed by atoms with Crippen LogP contribution in [0.25, 0.3) is 43.6 Å². The summed E-state index contributed by atoms with van der Waals surface area (Å²) in [6.45, 7) is 4.50. The molecule has 0 unspecified atom stereocenters. The first-order valence-electron chi connectivity index (χ1n) is 16.2. The quantitative estimate of drug-likeness (QED) is 0.181. The molecule has 8 rings (SSSR count). The Morgan fingerprint density at radius 1 is 0.340 bits per heavy atom. The predicted molar refractivity (Wildman–Crippen MR) is 194 cm³/mol. The first-order chi connectivity index (χ1) is 23.8. The number of benzene rings is 4. The van der Waals surface area contributed by atoms with Gasteiger partial charge in [-0.2, -0.15) is 0 Å². The molecule has 0 N–H and O–H groups in total. The molecule has 4 heterocycles. The molecule has 0 aliphatic carbocycles. The Bertz CT molecular complexity index is 2190. The van der Waals surface area contributed by atoms with Gasteiger partial charge in [-0.05, 0) is 76.2 Å². The van der Waals surface area contributed by atoms with Gasteiger partial charge in [-0.1, -0.05) is 72.8 Å². The van der Waals surface area contributed by atoms with Crippen LogP contribution in [0.1, 0.15) is 22.8 Å². The number of aromatic nitrogens is 4. The zero-order chi connectivity index (χ0) is 33.5. The van der Waals surface area contributed by atoms with Gasteiger partial charge in [0, 0.05) is 44.3 Å². The number of rotatable bonds is 8. The maximum atomic E-state index is 6.97. The van der Waals surface area contributed by atoms with E-state index >= 15 is 0 Å². The summed E-state index contributed by atoms with van der Waals surface area (Å²) in [7, 11) is 0. The average molecular weight is 650 g/mol. The third kappa shape index (κ3) is 6.41. The monoisotopic (exact) mass is 650 g/mol. The van der Waals surface area contributed by atoms with Gasteiger partial charge in [0.1, 0.15) is 45.1 Å². The third-order valence-electron chi connectivity index (χ3n) is 8.38. The summed E-state index contributed by atoms with van der Waals surface area (Å²) >= 11 is 0. The molecule has 4 aromatic heterocycles. The molecule has 0 saturated heterocycles. The van der Waals surface area contributed by atoms with Crippen LogP contribution >= 0.6 is 0 Å². The summed E-state index contributed by atoms with van der Waals surface area (Å²) in [5.41, 5.74) is 5.87. The van der Waals surface area contributed by atoms with E-state index in [4.69, 9.17) is 38.6 Å². The van der Waals surface area contributed by atoms with Gasteiger partial charge in [0.25, 0.3) is 0 Å². The Morgan fingerprint density at radius 3 is 0.820 bits per heavy atom. The Kier molecular flexibility index (Phi) is 8.79. The molecule has 0 saturated carbocycles. The van der Waals surface area contributed by atoms with Crippen molar-refractivity contribution < 1.29 is 37.5 Å². The normalized spacial score (nSPS) is 11.4. The van der Waals surface area contributed by atoms with E-state index in [2.05, 4.69) is 0 Å². The van der Waals surface area contributed by atoms with Gasteiger partial charge < -0.3 is 18.6 Å². The third-order valence-corrected chi connectivity index (χ3v) is 8.38. The predicted octanol–water partition coefficient (Wildman–Crippen LogP) is 6.17. The van der Waals surface area contributed by atoms with E-state index in [1.807, 2.05) is 149 Å². The van der Waals surface area contributed by atoms with Crippen LogP contribution in [-0.4, -0.2) is 26.9 Å². The number of fused-ring (bicyclic) bond motifs is 4. The van der Waals surface area contributed by atoms with Crippen molar-refractivity contribution >= 4 is 50.6 Å². The van der Waals surface area contributed by atoms with Crippen LogP contribution in [0.2, 0.25) is 0 Å². The van der Waals surface area contributed by atoms with Crippen molar-refractivity contribution in [3.63, 3.8) is 0 Å². The zero-order valence-corrected chi connectivity index (χ0v) is 28.5. The summed E-state index contributed by atoms with van der Waals surface area (Å²) in [5, 5.41) is 3.56. The average Bonchev–Trinajstić information content (AvgIpc) is 3.09. The number of hydrogen-bond donors (Lipinski definition) is 0. The maximum Gasteiger partial charge on any atom is 1.00 e. The standard InChI is InChI=1S/C40H32BN4O4.Li/c1-25-17-21-29-9-5-13-33(37(29)42-25)46-41(47-34-14-6-10-30-22-18-26(2)43-38(30)34,48-35-15-7-11-31-23-19-27(3)44-39(31)35)49-36-16-8-12-32-24-20-28(4)45-40(32)36;/h5-24H,1-4H3;/q-1;+1. The number of hydrogen-bond acceptors (Lipinski definition) is 8. The van der Waals surface area contributed by atoms with Crippen LogP contribution in [0.3, 0.4) is 0 Å². The number of para-hydroxylation sites is 4. The largest absolute Gasteiger partial charge is 1.00 e. The summed E-state index contributed by atoms with van der Waals surface area (Å²) in [4.78, 5) is 19.4. The minimum Gasteiger partial charge on any atom is -0.610 e. The van der Waals surface area contributed by atoms with Crippen LogP contribution in [0, 0.1) is 27.7 Å². The van der Waals surface area contributed by atoms with Crippen molar-refractivity contribution in [1.29, 1.82) is 0 Å². The topological polar surface area (TPSA) is 88.5 Å². The fourth-order valence-corrected chi connectivity index (χ4v) is 6.02. The van der Waals surface area contributed by atoms with Crippen LogP contribution in [0.15, 0.2) is 121 Å². The van der Waals surface area contributed by atoms with E-state index in [1.165, 1.54) is 0 Å². The van der Waals surface area contributed by atoms with E-state index in [0.717, 1.165) is 44.3 Å². The van der Waals surface area contributed by atoms with Gasteiger partial charge in [-0.25, -0.2) is 19.9 Å². The smallest absolute Gasteiger partial charge is 0.610 e. The second kappa shape index (κ2) is 13.4. The summed E-state index contributed by atoms with van der Waals surface area (Å²) in [6, 6.07) is 38.8. The van der Waals surface area contributed by atoms with Gasteiger partial charge in [-0.15, -0.1) is 0 Å². The van der Waals surface area contributed by atoms with Crippen molar-refractivity contribution in [3.05, 3.63) is 144 Å². The van der Waals surface area contributed by atoms with Crippen LogP contribution in [0.4, 0.5) is 0 Å². The molecule has 8 aromatic rings. The van der Waals surface area contributed by atoms with E-state index < -0.39 is 6.96 Å². The van der Waals surface area contributed by atoms with E-state index in [1.54, 1.807) is 0 Å². The molecule has 8 nitrogen and oxygen atoms in total. The molecule has 0 bridgehead atoms. The molecular formula is C40H32BLiN4O4. The SMILES string of the molecule is Cc1ccc2cccc(O[B-](Oc3cccc4ccc(C)nc34)(Oc3cccc4ccc(C)nc34)Oc3cccc4ccc(C)nc34)c2n1.[Li+]. The fourth-order valence-electron chi connectivity index (χ4n) is 6.02. The molecular weight excluding hydrogens is 618 g/mol. The van der Waals surface area contributed by atoms with Crippen molar-refractivity contribution in [2.45, 2.75) is 27.7 Å².